The van der Waals surface area contributed by atoms with E-state index >= 15 is 0 Å². The Labute approximate surface area is 135 Å². The Bertz CT molecular complexity index is 552. The average molecular weight is 321 g/mol. The van der Waals surface area contributed by atoms with Gasteiger partial charge in [-0.05, 0) is 50.3 Å². The molecule has 1 saturated heterocycles. The summed E-state index contributed by atoms with van der Waals surface area (Å²) in [5.74, 6) is -1.02. The first kappa shape index (κ1) is 17.3. The summed E-state index contributed by atoms with van der Waals surface area (Å²) in [4.78, 5) is 23.2. The summed E-state index contributed by atoms with van der Waals surface area (Å²) in [6, 6.07) is 4.28. The molecule has 6 heteroatoms. The molecule has 126 valence electrons. The lowest BCUT2D eigenvalue weighted by molar-refractivity contribution is 0.0696. The van der Waals surface area contributed by atoms with Crippen LogP contribution in [0.15, 0.2) is 18.2 Å². The van der Waals surface area contributed by atoms with E-state index < -0.39 is 5.97 Å². The molecule has 0 spiro atoms. The van der Waals surface area contributed by atoms with Gasteiger partial charge in [0, 0.05) is 18.7 Å². The van der Waals surface area contributed by atoms with Gasteiger partial charge in [-0.15, -0.1) is 0 Å². The second-order valence-corrected chi connectivity index (χ2v) is 5.64. The van der Waals surface area contributed by atoms with Crippen LogP contribution in [-0.4, -0.2) is 43.3 Å². The third-order valence-electron chi connectivity index (χ3n) is 3.91. The van der Waals surface area contributed by atoms with E-state index in [1.54, 1.807) is 0 Å². The molecule has 1 atom stereocenters. The van der Waals surface area contributed by atoms with E-state index in [2.05, 4.69) is 5.32 Å². The van der Waals surface area contributed by atoms with Gasteiger partial charge in [-0.25, -0.2) is 4.79 Å². The molecule has 1 unspecified atom stereocenters. The van der Waals surface area contributed by atoms with Crippen molar-refractivity contribution in [2.24, 2.45) is 0 Å². The highest BCUT2D eigenvalue weighted by Crippen LogP contribution is 2.18. The number of methoxy groups -OCH3 is 1. The van der Waals surface area contributed by atoms with Gasteiger partial charge in [-0.1, -0.05) is 0 Å². The lowest BCUT2D eigenvalue weighted by Gasteiger charge is -2.10. The number of carbonyl (C=O) groups excluding carboxylic acids is 1. The van der Waals surface area contributed by atoms with Crippen LogP contribution in [-0.2, 0) is 4.74 Å². The van der Waals surface area contributed by atoms with Crippen LogP contribution >= 0.6 is 0 Å². The van der Waals surface area contributed by atoms with Crippen molar-refractivity contribution in [2.45, 2.75) is 38.2 Å². The minimum absolute atomic E-state index is 0.0351. The predicted molar refractivity (Wildman–Crippen MR) is 85.1 cm³/mol. The lowest BCUT2D eigenvalue weighted by Crippen LogP contribution is -2.25. The van der Waals surface area contributed by atoms with Gasteiger partial charge in [-0.3, -0.25) is 4.79 Å². The van der Waals surface area contributed by atoms with Crippen molar-refractivity contribution in [2.75, 3.05) is 20.3 Å². The molecule has 1 aliphatic heterocycles. The van der Waals surface area contributed by atoms with Gasteiger partial charge in [0.1, 0.15) is 5.75 Å². The fourth-order valence-electron chi connectivity index (χ4n) is 2.64. The van der Waals surface area contributed by atoms with Gasteiger partial charge in [0.05, 0.1) is 18.8 Å². The molecule has 23 heavy (non-hydrogen) atoms. The van der Waals surface area contributed by atoms with E-state index in [-0.39, 0.29) is 11.5 Å². The molecule has 2 rings (SSSR count). The number of carboxylic acids is 1. The van der Waals surface area contributed by atoms with Crippen molar-refractivity contribution in [3.8, 4) is 5.75 Å². The van der Waals surface area contributed by atoms with E-state index in [1.807, 2.05) is 0 Å². The van der Waals surface area contributed by atoms with Gasteiger partial charge >= 0.3 is 5.97 Å². The zero-order valence-electron chi connectivity index (χ0n) is 13.3. The number of hydrogen-bond acceptors (Lipinski definition) is 4. The Morgan fingerprint density at radius 3 is 2.74 bits per heavy atom. The van der Waals surface area contributed by atoms with Crippen molar-refractivity contribution in [3.05, 3.63) is 29.3 Å². The topological polar surface area (TPSA) is 84.9 Å². The Balaban J connectivity index is 1.80. The Hall–Kier alpha value is -2.08. The van der Waals surface area contributed by atoms with Crippen LogP contribution in [0.5, 0.6) is 5.75 Å². The second-order valence-electron chi connectivity index (χ2n) is 5.64. The number of nitrogens with one attached hydrogen (secondary N) is 1. The molecule has 2 N–H and O–H groups in total. The zero-order chi connectivity index (χ0) is 16.7. The van der Waals surface area contributed by atoms with Crippen LogP contribution in [0.3, 0.4) is 0 Å². The molecule has 1 aliphatic rings. The Morgan fingerprint density at radius 2 is 2.09 bits per heavy atom. The summed E-state index contributed by atoms with van der Waals surface area (Å²) in [5, 5.41) is 11.9. The van der Waals surface area contributed by atoms with Crippen molar-refractivity contribution >= 4 is 11.9 Å². The number of carboxylic acid groups (broad SMARTS) is 1. The maximum absolute atomic E-state index is 12.1. The summed E-state index contributed by atoms with van der Waals surface area (Å²) in [6.07, 6.45) is 5.56. The number of ether oxygens (including phenoxy) is 2. The molecule has 0 radical (unpaired) electrons. The van der Waals surface area contributed by atoms with Crippen LogP contribution in [0.1, 0.15) is 52.8 Å². The first-order valence-electron chi connectivity index (χ1n) is 7.92. The summed E-state index contributed by atoms with van der Waals surface area (Å²) >= 11 is 0. The van der Waals surface area contributed by atoms with E-state index in [9.17, 15) is 9.59 Å². The molecular formula is C17H23NO5. The molecule has 0 aromatic heterocycles. The third kappa shape index (κ3) is 5.25. The van der Waals surface area contributed by atoms with Crippen LogP contribution in [0.4, 0.5) is 0 Å². The number of carbonyl (C=O) groups is 2. The summed E-state index contributed by atoms with van der Waals surface area (Å²) in [7, 11) is 1.44. The lowest BCUT2D eigenvalue weighted by atomic mass is 10.1. The first-order valence-corrected chi connectivity index (χ1v) is 7.92. The highest BCUT2D eigenvalue weighted by molar-refractivity contribution is 5.98. The highest BCUT2D eigenvalue weighted by Gasteiger charge is 2.15. The maximum Gasteiger partial charge on any atom is 0.335 e. The average Bonchev–Trinajstić information content (AvgIpc) is 3.07. The van der Waals surface area contributed by atoms with Crippen molar-refractivity contribution < 1.29 is 24.2 Å². The van der Waals surface area contributed by atoms with E-state index in [1.165, 1.54) is 25.3 Å². The molecule has 0 aliphatic carbocycles. The number of aromatic carboxylic acids is 1. The molecular weight excluding hydrogens is 298 g/mol. The molecule has 1 aromatic rings. The van der Waals surface area contributed by atoms with Crippen LogP contribution < -0.4 is 10.1 Å². The maximum atomic E-state index is 12.1. The number of amides is 1. The molecule has 1 fully saturated rings. The minimum atomic E-state index is -1.09. The molecule has 6 nitrogen and oxygen atoms in total. The molecule has 1 amide bonds. The largest absolute Gasteiger partial charge is 0.497 e. The van der Waals surface area contributed by atoms with E-state index in [4.69, 9.17) is 14.6 Å². The molecule has 0 bridgehead atoms. The second kappa shape index (κ2) is 8.53. The normalized spacial score (nSPS) is 17.0. The third-order valence-corrected chi connectivity index (χ3v) is 3.91. The van der Waals surface area contributed by atoms with Crippen LogP contribution in [0, 0.1) is 0 Å². The van der Waals surface area contributed by atoms with Gasteiger partial charge in [0.15, 0.2) is 0 Å². The minimum Gasteiger partial charge on any atom is -0.497 e. The predicted octanol–water partition coefficient (Wildman–Crippen LogP) is 2.47. The fourth-order valence-corrected chi connectivity index (χ4v) is 2.64. The van der Waals surface area contributed by atoms with E-state index in [0.717, 1.165) is 38.7 Å². The van der Waals surface area contributed by atoms with Gasteiger partial charge in [0.25, 0.3) is 5.91 Å². The van der Waals surface area contributed by atoms with Crippen molar-refractivity contribution in [1.29, 1.82) is 0 Å². The van der Waals surface area contributed by atoms with Gasteiger partial charge < -0.3 is 19.9 Å². The fraction of sp³-hybridized carbons (Fsp3) is 0.529. The quantitative estimate of drug-likeness (QED) is 0.719. The standard InChI is InChI=1S/C17H23NO5/c1-22-15-10-12(9-13(11-15)17(20)21)16(19)18-7-3-2-5-14-6-4-8-23-14/h9-11,14H,2-8H2,1H3,(H,18,19)(H,20,21). The summed E-state index contributed by atoms with van der Waals surface area (Å²) in [6.45, 7) is 1.42. The number of benzene rings is 1. The SMILES string of the molecule is COc1cc(C(=O)O)cc(C(=O)NCCCCC2CCCO2)c1. The molecule has 1 aromatic carbocycles. The van der Waals surface area contributed by atoms with Crippen molar-refractivity contribution in [1.82, 2.24) is 5.32 Å². The number of rotatable bonds is 8. The smallest absolute Gasteiger partial charge is 0.335 e. The zero-order valence-corrected chi connectivity index (χ0v) is 13.3. The molecule has 1 heterocycles. The van der Waals surface area contributed by atoms with Crippen LogP contribution in [0.2, 0.25) is 0 Å². The van der Waals surface area contributed by atoms with Crippen LogP contribution in [0.25, 0.3) is 0 Å². The van der Waals surface area contributed by atoms with Gasteiger partial charge in [0.2, 0.25) is 0 Å². The number of hydrogen-bond donors (Lipinski definition) is 2. The van der Waals surface area contributed by atoms with Gasteiger partial charge in [-0.2, -0.15) is 0 Å². The Morgan fingerprint density at radius 1 is 1.30 bits per heavy atom. The van der Waals surface area contributed by atoms with E-state index in [0.29, 0.717) is 24.0 Å². The van der Waals surface area contributed by atoms with Crippen molar-refractivity contribution in [3.63, 3.8) is 0 Å². The number of unbranched alkanes of at least 4 members (excludes halogenated alkanes) is 1. The Kier molecular flexibility index (Phi) is 6.40. The first-order chi connectivity index (χ1) is 11.1. The summed E-state index contributed by atoms with van der Waals surface area (Å²) < 4.78 is 10.6. The highest BCUT2D eigenvalue weighted by atomic mass is 16.5. The molecule has 0 saturated carbocycles. The monoisotopic (exact) mass is 321 g/mol. The summed E-state index contributed by atoms with van der Waals surface area (Å²) in [5.41, 5.74) is 0.328.